The fourth-order valence-corrected chi connectivity index (χ4v) is 3.21. The number of alkyl halides is 1. The molecule has 1 aliphatic rings. The first-order chi connectivity index (χ1) is 8.02. The summed E-state index contributed by atoms with van der Waals surface area (Å²) < 4.78 is 0. The van der Waals surface area contributed by atoms with Crippen molar-refractivity contribution in [2.75, 3.05) is 18.0 Å². The Morgan fingerprint density at radius 3 is 2.76 bits per heavy atom. The second-order valence-electron chi connectivity index (χ2n) is 5.96. The van der Waals surface area contributed by atoms with E-state index in [0.29, 0.717) is 5.41 Å². The van der Waals surface area contributed by atoms with Gasteiger partial charge in [-0.15, -0.1) is 0 Å². The van der Waals surface area contributed by atoms with Gasteiger partial charge in [0, 0.05) is 24.1 Å². The van der Waals surface area contributed by atoms with Gasteiger partial charge in [0.1, 0.15) is 0 Å². The van der Waals surface area contributed by atoms with Crippen LogP contribution in [0.5, 0.6) is 0 Å². The van der Waals surface area contributed by atoms with Crippen LogP contribution in [0.3, 0.4) is 0 Å². The van der Waals surface area contributed by atoms with Crippen LogP contribution in [0.4, 0.5) is 5.69 Å². The summed E-state index contributed by atoms with van der Waals surface area (Å²) in [5, 5.41) is 0.945. The molecule has 0 radical (unpaired) electrons. The fraction of sp³-hybridized carbons (Fsp3) is 0.600. The van der Waals surface area contributed by atoms with Crippen LogP contribution < -0.4 is 4.90 Å². The van der Waals surface area contributed by atoms with E-state index in [9.17, 15) is 0 Å². The number of aryl methyl sites for hydroxylation is 1. The van der Waals surface area contributed by atoms with Gasteiger partial charge in [-0.2, -0.15) is 0 Å². The molecule has 0 amide bonds. The minimum absolute atomic E-state index is 0.451. The van der Waals surface area contributed by atoms with E-state index in [1.165, 1.54) is 42.7 Å². The summed E-state index contributed by atoms with van der Waals surface area (Å²) >= 11 is 3.61. The molecule has 2 rings (SSSR count). The van der Waals surface area contributed by atoms with E-state index in [4.69, 9.17) is 0 Å². The lowest BCUT2D eigenvalue weighted by atomic mass is 9.84. The van der Waals surface area contributed by atoms with Gasteiger partial charge < -0.3 is 4.90 Å². The number of benzene rings is 1. The minimum atomic E-state index is 0.451. The molecule has 17 heavy (non-hydrogen) atoms. The third kappa shape index (κ3) is 3.04. The Morgan fingerprint density at radius 2 is 2.12 bits per heavy atom. The Balaban J connectivity index is 2.27. The van der Waals surface area contributed by atoms with Crippen LogP contribution in [0.25, 0.3) is 0 Å². The number of halogens is 1. The normalized spacial score (nSPS) is 19.4. The maximum atomic E-state index is 3.61. The van der Waals surface area contributed by atoms with Gasteiger partial charge in [0.15, 0.2) is 0 Å². The quantitative estimate of drug-likeness (QED) is 0.725. The van der Waals surface area contributed by atoms with E-state index in [0.717, 1.165) is 5.33 Å². The summed E-state index contributed by atoms with van der Waals surface area (Å²) in [7, 11) is 0. The van der Waals surface area contributed by atoms with Crippen LogP contribution in [0.1, 0.15) is 37.8 Å². The average molecular weight is 296 g/mol. The SMILES string of the molecule is Cc1ccc(N2CCCC(C)(C)C2)c(CBr)c1. The Kier molecular flexibility index (Phi) is 3.82. The number of piperidine rings is 1. The van der Waals surface area contributed by atoms with Crippen LogP contribution in [-0.2, 0) is 5.33 Å². The molecule has 0 saturated carbocycles. The molecule has 0 unspecified atom stereocenters. The van der Waals surface area contributed by atoms with Crippen molar-refractivity contribution in [1.29, 1.82) is 0 Å². The second kappa shape index (κ2) is 5.01. The highest BCUT2D eigenvalue weighted by atomic mass is 79.9. The predicted molar refractivity (Wildman–Crippen MR) is 79.0 cm³/mol. The summed E-state index contributed by atoms with van der Waals surface area (Å²) in [5.74, 6) is 0. The first-order valence-electron chi connectivity index (χ1n) is 6.42. The Hall–Kier alpha value is -0.500. The van der Waals surface area contributed by atoms with Crippen molar-refractivity contribution in [2.24, 2.45) is 5.41 Å². The Bertz CT molecular complexity index is 398. The van der Waals surface area contributed by atoms with Crippen LogP contribution in [0.2, 0.25) is 0 Å². The highest BCUT2D eigenvalue weighted by Gasteiger charge is 2.27. The maximum absolute atomic E-state index is 3.61. The fourth-order valence-electron chi connectivity index (χ4n) is 2.76. The van der Waals surface area contributed by atoms with Gasteiger partial charge in [-0.3, -0.25) is 0 Å². The first-order valence-corrected chi connectivity index (χ1v) is 7.54. The molecule has 1 aromatic rings. The molecule has 0 bridgehead atoms. The summed E-state index contributed by atoms with van der Waals surface area (Å²) in [6, 6.07) is 6.81. The first kappa shape index (κ1) is 12.9. The van der Waals surface area contributed by atoms with Crippen LogP contribution in [-0.4, -0.2) is 13.1 Å². The van der Waals surface area contributed by atoms with E-state index in [-0.39, 0.29) is 0 Å². The second-order valence-corrected chi connectivity index (χ2v) is 6.52. The molecule has 1 heterocycles. The standard InChI is InChI=1S/C15H22BrN/c1-12-5-6-14(13(9-12)10-16)17-8-4-7-15(2,3)11-17/h5-6,9H,4,7-8,10-11H2,1-3H3. The zero-order valence-electron chi connectivity index (χ0n) is 11.1. The molecule has 2 heteroatoms. The van der Waals surface area contributed by atoms with Crippen LogP contribution in [0, 0.1) is 12.3 Å². The number of hydrogen-bond acceptors (Lipinski definition) is 1. The van der Waals surface area contributed by atoms with E-state index in [2.05, 4.69) is 59.8 Å². The molecule has 0 aromatic heterocycles. The summed E-state index contributed by atoms with van der Waals surface area (Å²) in [5.41, 5.74) is 4.63. The zero-order chi connectivity index (χ0) is 12.5. The van der Waals surface area contributed by atoms with Gasteiger partial charge in [0.25, 0.3) is 0 Å². The molecule has 1 aliphatic heterocycles. The van der Waals surface area contributed by atoms with Crippen molar-refractivity contribution in [3.8, 4) is 0 Å². The molecule has 1 fully saturated rings. The topological polar surface area (TPSA) is 3.24 Å². The molecule has 0 N–H and O–H groups in total. The summed E-state index contributed by atoms with van der Waals surface area (Å²) in [6.45, 7) is 9.29. The summed E-state index contributed by atoms with van der Waals surface area (Å²) in [4.78, 5) is 2.56. The van der Waals surface area contributed by atoms with Crippen LogP contribution in [0.15, 0.2) is 18.2 Å². The van der Waals surface area contributed by atoms with E-state index in [1.807, 2.05) is 0 Å². The molecule has 1 aromatic carbocycles. The molecule has 1 saturated heterocycles. The zero-order valence-corrected chi connectivity index (χ0v) is 12.7. The highest BCUT2D eigenvalue weighted by molar-refractivity contribution is 9.08. The van der Waals surface area contributed by atoms with Gasteiger partial charge in [-0.05, 0) is 36.8 Å². The van der Waals surface area contributed by atoms with Crippen molar-refractivity contribution < 1.29 is 0 Å². The van der Waals surface area contributed by atoms with Crippen molar-refractivity contribution in [3.05, 3.63) is 29.3 Å². The molecule has 94 valence electrons. The predicted octanol–water partition coefficient (Wildman–Crippen LogP) is 4.52. The van der Waals surface area contributed by atoms with E-state index < -0.39 is 0 Å². The van der Waals surface area contributed by atoms with Gasteiger partial charge in [0.05, 0.1) is 0 Å². The number of rotatable bonds is 2. The Morgan fingerprint density at radius 1 is 1.35 bits per heavy atom. The molecule has 1 nitrogen and oxygen atoms in total. The molecule has 0 spiro atoms. The van der Waals surface area contributed by atoms with Gasteiger partial charge >= 0.3 is 0 Å². The number of hydrogen-bond donors (Lipinski definition) is 0. The Labute approximate surface area is 113 Å². The monoisotopic (exact) mass is 295 g/mol. The van der Waals surface area contributed by atoms with Crippen molar-refractivity contribution in [3.63, 3.8) is 0 Å². The van der Waals surface area contributed by atoms with Crippen molar-refractivity contribution in [2.45, 2.75) is 38.9 Å². The third-order valence-corrected chi connectivity index (χ3v) is 4.22. The number of anilines is 1. The smallest absolute Gasteiger partial charge is 0.0407 e. The lowest BCUT2D eigenvalue weighted by Gasteiger charge is -2.40. The largest absolute Gasteiger partial charge is 0.371 e. The van der Waals surface area contributed by atoms with E-state index >= 15 is 0 Å². The summed E-state index contributed by atoms with van der Waals surface area (Å²) in [6.07, 6.45) is 2.65. The average Bonchev–Trinajstić information content (AvgIpc) is 2.27. The van der Waals surface area contributed by atoms with E-state index in [1.54, 1.807) is 0 Å². The number of nitrogens with zero attached hydrogens (tertiary/aromatic N) is 1. The minimum Gasteiger partial charge on any atom is -0.371 e. The van der Waals surface area contributed by atoms with Gasteiger partial charge in [-0.25, -0.2) is 0 Å². The van der Waals surface area contributed by atoms with Crippen molar-refractivity contribution >= 4 is 21.6 Å². The maximum Gasteiger partial charge on any atom is 0.0407 e. The lowest BCUT2D eigenvalue weighted by Crippen LogP contribution is -2.40. The lowest BCUT2D eigenvalue weighted by molar-refractivity contribution is 0.293. The highest BCUT2D eigenvalue weighted by Crippen LogP contribution is 2.33. The molecular weight excluding hydrogens is 274 g/mol. The van der Waals surface area contributed by atoms with Crippen LogP contribution >= 0.6 is 15.9 Å². The molecular formula is C15H22BrN. The van der Waals surface area contributed by atoms with Crippen molar-refractivity contribution in [1.82, 2.24) is 0 Å². The van der Waals surface area contributed by atoms with Gasteiger partial charge in [0.2, 0.25) is 0 Å². The van der Waals surface area contributed by atoms with Gasteiger partial charge in [-0.1, -0.05) is 47.5 Å². The third-order valence-electron chi connectivity index (χ3n) is 3.62. The molecule has 0 aliphatic carbocycles. The molecule has 0 atom stereocenters.